The van der Waals surface area contributed by atoms with Gasteiger partial charge in [-0.15, -0.1) is 0 Å². The van der Waals surface area contributed by atoms with Gasteiger partial charge in [-0.05, 0) is 49.6 Å². The Balaban J connectivity index is 1.66. The highest BCUT2D eigenvalue weighted by atomic mass is 19.1. The Morgan fingerprint density at radius 2 is 1.84 bits per heavy atom. The lowest BCUT2D eigenvalue weighted by Gasteiger charge is -2.24. The van der Waals surface area contributed by atoms with E-state index in [0.29, 0.717) is 29.9 Å². The van der Waals surface area contributed by atoms with Crippen LogP contribution in [0.15, 0.2) is 48.5 Å². The molecule has 6 heteroatoms. The number of nitrogens with zero attached hydrogens (tertiary/aromatic N) is 1. The number of carbonyl (C=O) groups is 2. The van der Waals surface area contributed by atoms with Crippen molar-refractivity contribution in [1.29, 1.82) is 0 Å². The molecule has 0 bridgehead atoms. The van der Waals surface area contributed by atoms with Crippen molar-refractivity contribution in [2.45, 2.75) is 25.8 Å². The van der Waals surface area contributed by atoms with E-state index in [4.69, 9.17) is 0 Å². The Kier molecular flexibility index (Phi) is 4.97. The van der Waals surface area contributed by atoms with Gasteiger partial charge in [0.2, 0.25) is 5.91 Å². The molecule has 1 heterocycles. The predicted molar refractivity (Wildman–Crippen MR) is 95.0 cm³/mol. The van der Waals surface area contributed by atoms with Gasteiger partial charge in [0.05, 0.1) is 0 Å². The summed E-state index contributed by atoms with van der Waals surface area (Å²) in [5.41, 5.74) is 1.59. The zero-order valence-electron chi connectivity index (χ0n) is 14.0. The van der Waals surface area contributed by atoms with E-state index < -0.39 is 6.04 Å². The monoisotopic (exact) mass is 341 g/mol. The first-order valence-corrected chi connectivity index (χ1v) is 8.24. The molecular formula is C19H20FN3O2. The van der Waals surface area contributed by atoms with Gasteiger partial charge >= 0.3 is 6.03 Å². The van der Waals surface area contributed by atoms with Crippen LogP contribution in [0, 0.1) is 12.7 Å². The van der Waals surface area contributed by atoms with Crippen LogP contribution in [0.4, 0.5) is 20.6 Å². The van der Waals surface area contributed by atoms with Crippen molar-refractivity contribution in [3.63, 3.8) is 0 Å². The molecule has 0 saturated carbocycles. The second-order valence-electron chi connectivity index (χ2n) is 6.10. The van der Waals surface area contributed by atoms with Crippen molar-refractivity contribution < 1.29 is 14.0 Å². The van der Waals surface area contributed by atoms with E-state index in [1.54, 1.807) is 31.2 Å². The molecular weight excluding hydrogens is 321 g/mol. The fraction of sp³-hybridized carbons (Fsp3) is 0.263. The van der Waals surface area contributed by atoms with E-state index in [1.165, 1.54) is 11.0 Å². The first kappa shape index (κ1) is 17.0. The van der Waals surface area contributed by atoms with Gasteiger partial charge in [-0.3, -0.25) is 4.79 Å². The Morgan fingerprint density at radius 3 is 2.56 bits per heavy atom. The highest BCUT2D eigenvalue weighted by Crippen LogP contribution is 2.21. The lowest BCUT2D eigenvalue weighted by Crippen LogP contribution is -2.45. The average molecular weight is 341 g/mol. The van der Waals surface area contributed by atoms with Crippen LogP contribution < -0.4 is 10.6 Å². The molecule has 1 unspecified atom stereocenters. The predicted octanol–water partition coefficient (Wildman–Crippen LogP) is 3.77. The van der Waals surface area contributed by atoms with Crippen LogP contribution >= 0.6 is 0 Å². The van der Waals surface area contributed by atoms with E-state index in [2.05, 4.69) is 10.6 Å². The number of likely N-dealkylation sites (tertiary alicyclic amines) is 1. The van der Waals surface area contributed by atoms with E-state index in [0.717, 1.165) is 6.42 Å². The molecule has 1 atom stereocenters. The highest BCUT2D eigenvalue weighted by Gasteiger charge is 2.34. The minimum Gasteiger partial charge on any atom is -0.324 e. The molecule has 0 radical (unpaired) electrons. The zero-order chi connectivity index (χ0) is 17.8. The Labute approximate surface area is 145 Å². The maximum atomic E-state index is 13.6. The number of hydrogen-bond acceptors (Lipinski definition) is 2. The van der Waals surface area contributed by atoms with E-state index in [-0.39, 0.29) is 17.8 Å². The third-order valence-corrected chi connectivity index (χ3v) is 4.28. The standard InChI is InChI=1S/C19H20FN3O2/c1-13-9-10-15(12-16(13)20)21-18(24)17-8-5-11-23(17)19(25)22-14-6-3-2-4-7-14/h2-4,6-7,9-10,12,17H,5,8,11H2,1H3,(H,21,24)(H,22,25). The molecule has 0 aromatic heterocycles. The summed E-state index contributed by atoms with van der Waals surface area (Å²) in [6, 6.07) is 12.8. The van der Waals surface area contributed by atoms with Crippen LogP contribution in [0.3, 0.4) is 0 Å². The first-order valence-electron chi connectivity index (χ1n) is 8.24. The summed E-state index contributed by atoms with van der Waals surface area (Å²) in [5.74, 6) is -0.674. The molecule has 1 aliphatic heterocycles. The highest BCUT2D eigenvalue weighted by molar-refractivity contribution is 5.99. The molecule has 0 aliphatic carbocycles. The number of urea groups is 1. The lowest BCUT2D eigenvalue weighted by atomic mass is 10.2. The Morgan fingerprint density at radius 1 is 1.08 bits per heavy atom. The summed E-state index contributed by atoms with van der Waals surface area (Å²) in [5, 5.41) is 5.50. The maximum Gasteiger partial charge on any atom is 0.322 e. The quantitative estimate of drug-likeness (QED) is 0.893. The molecule has 1 aliphatic rings. The van der Waals surface area contributed by atoms with Crippen molar-refractivity contribution in [2.75, 3.05) is 17.2 Å². The largest absolute Gasteiger partial charge is 0.324 e. The van der Waals surface area contributed by atoms with E-state index in [9.17, 15) is 14.0 Å². The minimum absolute atomic E-state index is 0.302. The van der Waals surface area contributed by atoms with Crippen molar-refractivity contribution in [1.82, 2.24) is 4.90 Å². The maximum absolute atomic E-state index is 13.6. The SMILES string of the molecule is Cc1ccc(NC(=O)C2CCCN2C(=O)Nc2ccccc2)cc1F. The lowest BCUT2D eigenvalue weighted by molar-refractivity contribution is -0.119. The third-order valence-electron chi connectivity index (χ3n) is 4.28. The number of halogens is 1. The number of aryl methyl sites for hydroxylation is 1. The molecule has 130 valence electrons. The van der Waals surface area contributed by atoms with E-state index >= 15 is 0 Å². The molecule has 1 fully saturated rings. The fourth-order valence-corrected chi connectivity index (χ4v) is 2.90. The van der Waals surface area contributed by atoms with Gasteiger partial charge in [-0.25, -0.2) is 9.18 Å². The van der Waals surface area contributed by atoms with Crippen LogP contribution in [0.2, 0.25) is 0 Å². The van der Waals surface area contributed by atoms with Crippen LogP contribution in [0.5, 0.6) is 0 Å². The smallest absolute Gasteiger partial charge is 0.322 e. The van der Waals surface area contributed by atoms with Crippen LogP contribution in [0.25, 0.3) is 0 Å². The van der Waals surface area contributed by atoms with Gasteiger partial charge in [-0.1, -0.05) is 24.3 Å². The summed E-state index contributed by atoms with van der Waals surface area (Å²) in [7, 11) is 0. The molecule has 25 heavy (non-hydrogen) atoms. The number of amides is 3. The number of hydrogen-bond donors (Lipinski definition) is 2. The van der Waals surface area contributed by atoms with Crippen molar-refractivity contribution in [2.24, 2.45) is 0 Å². The summed E-state index contributed by atoms with van der Waals surface area (Å²) in [6.45, 7) is 2.17. The summed E-state index contributed by atoms with van der Waals surface area (Å²) < 4.78 is 13.6. The molecule has 3 rings (SSSR count). The molecule has 2 aromatic carbocycles. The number of rotatable bonds is 3. The van der Waals surface area contributed by atoms with Crippen LogP contribution in [-0.4, -0.2) is 29.4 Å². The Hall–Kier alpha value is -2.89. The minimum atomic E-state index is -0.562. The molecule has 2 N–H and O–H groups in total. The normalized spacial score (nSPS) is 16.6. The average Bonchev–Trinajstić information content (AvgIpc) is 3.09. The van der Waals surface area contributed by atoms with Gasteiger partial charge in [0.25, 0.3) is 0 Å². The zero-order valence-corrected chi connectivity index (χ0v) is 14.0. The second kappa shape index (κ2) is 7.34. The number of anilines is 2. The molecule has 1 saturated heterocycles. The van der Waals surface area contributed by atoms with Crippen LogP contribution in [0.1, 0.15) is 18.4 Å². The summed E-state index contributed by atoms with van der Waals surface area (Å²) >= 11 is 0. The van der Waals surface area contributed by atoms with Gasteiger partial charge in [-0.2, -0.15) is 0 Å². The second-order valence-corrected chi connectivity index (χ2v) is 6.10. The molecule has 3 amide bonds. The van der Waals surface area contributed by atoms with Gasteiger partial charge < -0.3 is 15.5 Å². The van der Waals surface area contributed by atoms with Gasteiger partial charge in [0.15, 0.2) is 0 Å². The molecule has 2 aromatic rings. The molecule has 5 nitrogen and oxygen atoms in total. The number of benzene rings is 2. The third kappa shape index (κ3) is 3.96. The number of nitrogens with one attached hydrogen (secondary N) is 2. The van der Waals surface area contributed by atoms with Crippen molar-refractivity contribution in [3.8, 4) is 0 Å². The van der Waals surface area contributed by atoms with Crippen molar-refractivity contribution >= 4 is 23.3 Å². The number of para-hydroxylation sites is 1. The number of carbonyl (C=O) groups excluding carboxylic acids is 2. The van der Waals surface area contributed by atoms with Crippen LogP contribution in [-0.2, 0) is 4.79 Å². The van der Waals surface area contributed by atoms with E-state index in [1.807, 2.05) is 18.2 Å². The Bertz CT molecular complexity index is 779. The molecule has 0 spiro atoms. The van der Waals surface area contributed by atoms with Crippen molar-refractivity contribution in [3.05, 3.63) is 59.9 Å². The topological polar surface area (TPSA) is 61.4 Å². The summed E-state index contributed by atoms with van der Waals surface area (Å²) in [4.78, 5) is 26.5. The van der Waals surface area contributed by atoms with Gasteiger partial charge in [0, 0.05) is 17.9 Å². The van der Waals surface area contributed by atoms with Gasteiger partial charge in [0.1, 0.15) is 11.9 Å². The summed E-state index contributed by atoms with van der Waals surface area (Å²) in [6.07, 6.45) is 1.34. The fourth-order valence-electron chi connectivity index (χ4n) is 2.90. The first-order chi connectivity index (χ1) is 12.0.